The summed E-state index contributed by atoms with van der Waals surface area (Å²) < 4.78 is 44.4. The second-order valence-corrected chi connectivity index (χ2v) is 7.39. The molecule has 3 aromatic carbocycles. The van der Waals surface area contributed by atoms with E-state index in [-0.39, 0.29) is 6.61 Å². The number of halogens is 3. The van der Waals surface area contributed by atoms with E-state index in [9.17, 15) is 13.2 Å². The van der Waals surface area contributed by atoms with Gasteiger partial charge in [0.15, 0.2) is 0 Å². The fourth-order valence-electron chi connectivity index (χ4n) is 3.49. The quantitative estimate of drug-likeness (QED) is 0.481. The maximum Gasteiger partial charge on any atom is 0.416 e. The number of aliphatic imine (C=N–C) groups is 1. The average molecular weight is 432 g/mol. The van der Waals surface area contributed by atoms with E-state index in [4.69, 9.17) is 10.00 Å². The minimum atomic E-state index is -4.37. The number of rotatable bonds is 5. The molecule has 3 nitrogen and oxygen atoms in total. The van der Waals surface area contributed by atoms with Gasteiger partial charge in [0, 0.05) is 12.1 Å². The first-order chi connectivity index (χ1) is 15.4. The molecule has 0 radical (unpaired) electrons. The molecular weight excluding hydrogens is 413 g/mol. The highest BCUT2D eigenvalue weighted by atomic mass is 19.4. The summed E-state index contributed by atoms with van der Waals surface area (Å²) >= 11 is 0. The molecule has 0 amide bonds. The van der Waals surface area contributed by atoms with E-state index in [1.807, 2.05) is 42.5 Å². The standard InChI is InChI=1S/C26H19F3N2O/c27-26(28,29)22-3-1-2-20(14-22)17-32-23-9-10-24-21(15-23)12-13-31-25(24)11-8-18-4-6-19(16-30)7-5-18/h1-11,14-15H,12-13,17H2. The molecule has 0 aliphatic carbocycles. The van der Waals surface area contributed by atoms with Crippen LogP contribution in [0, 0.1) is 11.3 Å². The van der Waals surface area contributed by atoms with Crippen molar-refractivity contribution in [2.75, 3.05) is 6.54 Å². The van der Waals surface area contributed by atoms with Gasteiger partial charge in [-0.3, -0.25) is 4.99 Å². The molecule has 1 aliphatic rings. The first kappa shape index (κ1) is 21.4. The van der Waals surface area contributed by atoms with Gasteiger partial charge in [-0.05, 0) is 71.7 Å². The number of hydrogen-bond donors (Lipinski definition) is 0. The van der Waals surface area contributed by atoms with Crippen molar-refractivity contribution >= 4 is 11.8 Å². The van der Waals surface area contributed by atoms with Crippen molar-refractivity contribution in [3.63, 3.8) is 0 Å². The number of nitriles is 1. The summed E-state index contributed by atoms with van der Waals surface area (Å²) in [6.07, 6.45) is 0.294. The van der Waals surface area contributed by atoms with Gasteiger partial charge in [-0.25, -0.2) is 0 Å². The maximum absolute atomic E-state index is 12.9. The molecule has 0 bridgehead atoms. The summed E-state index contributed by atoms with van der Waals surface area (Å²) in [6.45, 7) is 0.708. The van der Waals surface area contributed by atoms with Gasteiger partial charge in [0.25, 0.3) is 0 Å². The minimum Gasteiger partial charge on any atom is -0.489 e. The summed E-state index contributed by atoms with van der Waals surface area (Å²) in [5, 5.41) is 8.90. The lowest BCUT2D eigenvalue weighted by atomic mass is 9.96. The van der Waals surface area contributed by atoms with E-state index in [1.54, 1.807) is 18.2 Å². The molecule has 1 aliphatic heterocycles. The number of ether oxygens (including phenoxy) is 1. The number of nitrogens with zero attached hydrogens (tertiary/aromatic N) is 2. The highest BCUT2D eigenvalue weighted by Gasteiger charge is 2.30. The van der Waals surface area contributed by atoms with Crippen LogP contribution in [-0.2, 0) is 19.2 Å². The molecular formula is C26H19F3N2O. The first-order valence-electron chi connectivity index (χ1n) is 10.1. The van der Waals surface area contributed by atoms with Crippen molar-refractivity contribution in [2.45, 2.75) is 19.2 Å². The van der Waals surface area contributed by atoms with Crippen LogP contribution in [0.4, 0.5) is 13.2 Å². The van der Waals surface area contributed by atoms with Gasteiger partial charge in [0.05, 0.1) is 22.9 Å². The van der Waals surface area contributed by atoms with Crippen LogP contribution in [0.3, 0.4) is 0 Å². The average Bonchev–Trinajstić information content (AvgIpc) is 2.81. The molecule has 160 valence electrons. The number of fused-ring (bicyclic) bond motifs is 1. The molecule has 0 saturated heterocycles. The number of alkyl halides is 3. The Kier molecular flexibility index (Phi) is 6.09. The zero-order chi connectivity index (χ0) is 22.6. The Labute approximate surface area is 184 Å². The van der Waals surface area contributed by atoms with Crippen LogP contribution < -0.4 is 4.74 Å². The van der Waals surface area contributed by atoms with Gasteiger partial charge >= 0.3 is 6.18 Å². The molecule has 0 fully saturated rings. The predicted octanol–water partition coefficient (Wildman–Crippen LogP) is 6.21. The van der Waals surface area contributed by atoms with Crippen molar-refractivity contribution in [3.8, 4) is 11.8 Å². The van der Waals surface area contributed by atoms with Gasteiger partial charge in [-0.2, -0.15) is 18.4 Å². The van der Waals surface area contributed by atoms with Crippen LogP contribution in [0.15, 0.2) is 77.8 Å². The predicted molar refractivity (Wildman–Crippen MR) is 118 cm³/mol. The zero-order valence-electron chi connectivity index (χ0n) is 17.1. The van der Waals surface area contributed by atoms with Gasteiger partial charge < -0.3 is 4.74 Å². The minimum absolute atomic E-state index is 0.0578. The fourth-order valence-corrected chi connectivity index (χ4v) is 3.49. The first-order valence-corrected chi connectivity index (χ1v) is 10.1. The molecule has 4 rings (SSSR count). The van der Waals surface area contributed by atoms with Crippen molar-refractivity contribution in [3.05, 3.63) is 106 Å². The van der Waals surface area contributed by atoms with Crippen LogP contribution in [-0.4, -0.2) is 12.3 Å². The smallest absolute Gasteiger partial charge is 0.416 e. The third-order valence-electron chi connectivity index (χ3n) is 5.15. The second-order valence-electron chi connectivity index (χ2n) is 7.39. The molecule has 0 aromatic heterocycles. The topological polar surface area (TPSA) is 45.4 Å². The monoisotopic (exact) mass is 432 g/mol. The largest absolute Gasteiger partial charge is 0.489 e. The molecule has 0 atom stereocenters. The lowest BCUT2D eigenvalue weighted by Gasteiger charge is -2.17. The molecule has 0 N–H and O–H groups in total. The summed E-state index contributed by atoms with van der Waals surface area (Å²) in [5.74, 6) is 0.610. The van der Waals surface area contributed by atoms with Gasteiger partial charge in [0.2, 0.25) is 0 Å². The fraction of sp³-hybridized carbons (Fsp3) is 0.154. The van der Waals surface area contributed by atoms with Gasteiger partial charge in [-0.15, -0.1) is 0 Å². The Bertz CT molecular complexity index is 1220. The Morgan fingerprint density at radius 3 is 2.56 bits per heavy atom. The molecule has 1 heterocycles. The Morgan fingerprint density at radius 2 is 1.81 bits per heavy atom. The number of hydrogen-bond acceptors (Lipinski definition) is 3. The third kappa shape index (κ3) is 5.06. The van der Waals surface area contributed by atoms with Gasteiger partial charge in [-0.1, -0.05) is 30.3 Å². The molecule has 3 aromatic rings. The van der Waals surface area contributed by atoms with Crippen LogP contribution in [0.2, 0.25) is 0 Å². The Balaban J connectivity index is 1.46. The Morgan fingerprint density at radius 1 is 1.00 bits per heavy atom. The van der Waals surface area contributed by atoms with E-state index in [1.165, 1.54) is 6.07 Å². The molecule has 0 unspecified atom stereocenters. The Hall–Kier alpha value is -3.85. The van der Waals surface area contributed by atoms with E-state index in [0.717, 1.165) is 41.0 Å². The van der Waals surface area contributed by atoms with Crippen molar-refractivity contribution in [1.29, 1.82) is 5.26 Å². The van der Waals surface area contributed by atoms with Crippen LogP contribution in [0.5, 0.6) is 5.75 Å². The number of benzene rings is 3. The highest BCUT2D eigenvalue weighted by molar-refractivity contribution is 6.12. The summed E-state index contributed by atoms with van der Waals surface area (Å²) in [6, 6.07) is 20.2. The molecule has 32 heavy (non-hydrogen) atoms. The van der Waals surface area contributed by atoms with E-state index >= 15 is 0 Å². The van der Waals surface area contributed by atoms with Crippen molar-refractivity contribution < 1.29 is 17.9 Å². The number of allylic oxidation sites excluding steroid dienone is 1. The highest BCUT2D eigenvalue weighted by Crippen LogP contribution is 2.30. The van der Waals surface area contributed by atoms with Crippen LogP contribution >= 0.6 is 0 Å². The molecule has 0 saturated carbocycles. The normalized spacial score (nSPS) is 13.4. The van der Waals surface area contributed by atoms with Gasteiger partial charge in [0.1, 0.15) is 12.4 Å². The summed E-state index contributed by atoms with van der Waals surface area (Å²) in [5.41, 5.74) is 4.32. The van der Waals surface area contributed by atoms with Crippen molar-refractivity contribution in [1.82, 2.24) is 0 Å². The van der Waals surface area contributed by atoms with E-state index in [0.29, 0.717) is 23.4 Å². The van der Waals surface area contributed by atoms with Crippen LogP contribution in [0.25, 0.3) is 6.08 Å². The lowest BCUT2D eigenvalue weighted by Crippen LogP contribution is -2.11. The van der Waals surface area contributed by atoms with E-state index in [2.05, 4.69) is 11.1 Å². The maximum atomic E-state index is 12.9. The summed E-state index contributed by atoms with van der Waals surface area (Å²) in [7, 11) is 0. The van der Waals surface area contributed by atoms with E-state index < -0.39 is 11.7 Å². The molecule has 6 heteroatoms. The third-order valence-corrected chi connectivity index (χ3v) is 5.15. The zero-order valence-corrected chi connectivity index (χ0v) is 17.1. The summed E-state index contributed by atoms with van der Waals surface area (Å²) in [4.78, 5) is 4.61. The lowest BCUT2D eigenvalue weighted by molar-refractivity contribution is -0.137. The molecule has 0 spiro atoms. The SMILES string of the molecule is N#Cc1ccc(C=CC2=NCCc3cc(OCc4cccc(C(F)(F)F)c4)ccc32)cc1. The second kappa shape index (κ2) is 9.11. The van der Waals surface area contributed by atoms with Crippen LogP contribution in [0.1, 0.15) is 33.4 Å². The van der Waals surface area contributed by atoms with Crippen molar-refractivity contribution in [2.24, 2.45) is 4.99 Å².